The number of nitrogens with zero attached hydrogens (tertiary/aromatic N) is 2. The van der Waals surface area contributed by atoms with Gasteiger partial charge < -0.3 is 10.5 Å². The van der Waals surface area contributed by atoms with E-state index in [1.807, 2.05) is 0 Å². The summed E-state index contributed by atoms with van der Waals surface area (Å²) in [6, 6.07) is 3.54. The van der Waals surface area contributed by atoms with Crippen LogP contribution in [0.25, 0.3) is 0 Å². The molecule has 2 N–H and O–H groups in total. The summed E-state index contributed by atoms with van der Waals surface area (Å²) in [5.74, 6) is 0.210. The Hall–Kier alpha value is -1.71. The summed E-state index contributed by atoms with van der Waals surface area (Å²) in [5, 5.41) is 10.8. The van der Waals surface area contributed by atoms with Crippen molar-refractivity contribution in [3.05, 3.63) is 28.3 Å². The molecule has 21 heavy (non-hydrogen) atoms. The third kappa shape index (κ3) is 2.99. The van der Waals surface area contributed by atoms with E-state index in [4.69, 9.17) is 10.5 Å². The summed E-state index contributed by atoms with van der Waals surface area (Å²) in [5.41, 5.74) is 5.27. The molecule has 1 atom stereocenters. The van der Waals surface area contributed by atoms with Crippen molar-refractivity contribution in [2.24, 2.45) is 11.7 Å². The summed E-state index contributed by atoms with van der Waals surface area (Å²) in [6.45, 7) is 1.10. The van der Waals surface area contributed by atoms with Gasteiger partial charge in [-0.25, -0.2) is 8.42 Å². The first-order chi connectivity index (χ1) is 9.90. The van der Waals surface area contributed by atoms with Gasteiger partial charge in [0.05, 0.1) is 12.0 Å². The average Bonchev–Trinajstić information content (AvgIpc) is 2.96. The fraction of sp³-hybridized carbons (Fsp3) is 0.500. The number of nitro groups is 1. The van der Waals surface area contributed by atoms with Crippen LogP contribution in [-0.2, 0) is 10.0 Å². The van der Waals surface area contributed by atoms with Crippen LogP contribution in [-0.4, -0.2) is 44.4 Å². The van der Waals surface area contributed by atoms with Gasteiger partial charge in [-0.15, -0.1) is 0 Å². The lowest BCUT2D eigenvalue weighted by Gasteiger charge is -2.18. The summed E-state index contributed by atoms with van der Waals surface area (Å²) in [6.07, 6.45) is 0.687. The summed E-state index contributed by atoms with van der Waals surface area (Å²) >= 11 is 0. The molecule has 1 aliphatic rings. The molecule has 0 saturated carbocycles. The first-order valence-electron chi connectivity index (χ1n) is 6.42. The molecule has 1 aromatic rings. The number of nitrogens with two attached hydrogens (primary N) is 1. The fourth-order valence-electron chi connectivity index (χ4n) is 2.33. The first-order valence-corrected chi connectivity index (χ1v) is 7.86. The van der Waals surface area contributed by atoms with Crippen LogP contribution >= 0.6 is 0 Å². The monoisotopic (exact) mass is 315 g/mol. The minimum atomic E-state index is -3.83. The van der Waals surface area contributed by atoms with Crippen molar-refractivity contribution in [3.63, 3.8) is 0 Å². The van der Waals surface area contributed by atoms with Crippen molar-refractivity contribution in [3.8, 4) is 5.75 Å². The van der Waals surface area contributed by atoms with E-state index in [9.17, 15) is 18.5 Å². The smallest absolute Gasteiger partial charge is 0.271 e. The largest absolute Gasteiger partial charge is 0.495 e. The molecular weight excluding hydrogens is 298 g/mol. The molecule has 8 nitrogen and oxygen atoms in total. The van der Waals surface area contributed by atoms with E-state index in [1.54, 1.807) is 0 Å². The Balaban J connectivity index is 2.43. The predicted octanol–water partition coefficient (Wildman–Crippen LogP) is 0.573. The zero-order chi connectivity index (χ0) is 15.6. The number of nitro benzene ring substituents is 1. The van der Waals surface area contributed by atoms with Gasteiger partial charge >= 0.3 is 0 Å². The minimum absolute atomic E-state index is 0.0943. The molecular formula is C12H17N3O5S. The number of ether oxygens (including phenoxy) is 1. The normalized spacial score (nSPS) is 19.6. The van der Waals surface area contributed by atoms with Crippen LogP contribution in [0.5, 0.6) is 5.75 Å². The van der Waals surface area contributed by atoms with Crippen LogP contribution in [0, 0.1) is 16.0 Å². The maximum atomic E-state index is 12.6. The van der Waals surface area contributed by atoms with Crippen molar-refractivity contribution >= 4 is 15.7 Å². The van der Waals surface area contributed by atoms with Gasteiger partial charge in [-0.05, 0) is 24.9 Å². The first kappa shape index (κ1) is 15.7. The fourth-order valence-corrected chi connectivity index (χ4v) is 4.03. The van der Waals surface area contributed by atoms with Crippen molar-refractivity contribution in [2.75, 3.05) is 26.7 Å². The second kappa shape index (κ2) is 5.96. The molecule has 1 heterocycles. The lowest BCUT2D eigenvalue weighted by atomic mass is 10.1. The zero-order valence-corrected chi connectivity index (χ0v) is 12.4. The summed E-state index contributed by atoms with van der Waals surface area (Å²) in [7, 11) is -2.51. The van der Waals surface area contributed by atoms with Gasteiger partial charge in [0.1, 0.15) is 10.6 Å². The average molecular weight is 315 g/mol. The van der Waals surface area contributed by atoms with Crippen molar-refractivity contribution < 1.29 is 18.1 Å². The van der Waals surface area contributed by atoms with Crippen LogP contribution in [0.2, 0.25) is 0 Å². The van der Waals surface area contributed by atoms with Crippen LogP contribution in [0.1, 0.15) is 6.42 Å². The highest BCUT2D eigenvalue weighted by molar-refractivity contribution is 7.89. The molecule has 0 spiro atoms. The van der Waals surface area contributed by atoms with Crippen LogP contribution in [0.4, 0.5) is 5.69 Å². The van der Waals surface area contributed by atoms with Gasteiger partial charge in [0, 0.05) is 25.2 Å². The van der Waals surface area contributed by atoms with Gasteiger partial charge in [-0.1, -0.05) is 0 Å². The quantitative estimate of drug-likeness (QED) is 0.627. The molecule has 1 fully saturated rings. The number of non-ortho nitro benzene ring substituents is 1. The highest BCUT2D eigenvalue weighted by atomic mass is 32.2. The maximum Gasteiger partial charge on any atom is 0.271 e. The molecule has 0 amide bonds. The third-order valence-corrected chi connectivity index (χ3v) is 5.44. The molecule has 1 aromatic carbocycles. The van der Waals surface area contributed by atoms with E-state index >= 15 is 0 Å². The second-order valence-corrected chi connectivity index (χ2v) is 6.75. The molecule has 116 valence electrons. The Labute approximate surface area is 122 Å². The van der Waals surface area contributed by atoms with E-state index in [1.165, 1.54) is 23.5 Å². The van der Waals surface area contributed by atoms with Crippen molar-refractivity contribution in [1.82, 2.24) is 4.31 Å². The van der Waals surface area contributed by atoms with Gasteiger partial charge in [0.2, 0.25) is 10.0 Å². The Morgan fingerprint density at radius 1 is 1.52 bits per heavy atom. The van der Waals surface area contributed by atoms with Crippen molar-refractivity contribution in [1.29, 1.82) is 0 Å². The van der Waals surface area contributed by atoms with Crippen LogP contribution < -0.4 is 10.5 Å². The number of benzene rings is 1. The molecule has 0 radical (unpaired) electrons. The van der Waals surface area contributed by atoms with Crippen LogP contribution in [0.3, 0.4) is 0 Å². The van der Waals surface area contributed by atoms with E-state index in [0.29, 0.717) is 26.1 Å². The van der Waals surface area contributed by atoms with E-state index in [2.05, 4.69) is 0 Å². The Bertz CT molecular complexity index is 646. The topological polar surface area (TPSA) is 116 Å². The summed E-state index contributed by atoms with van der Waals surface area (Å²) in [4.78, 5) is 10.0. The lowest BCUT2D eigenvalue weighted by molar-refractivity contribution is -0.385. The molecule has 0 aromatic heterocycles. The molecule has 9 heteroatoms. The van der Waals surface area contributed by atoms with E-state index < -0.39 is 14.9 Å². The lowest BCUT2D eigenvalue weighted by Crippen LogP contribution is -2.30. The second-order valence-electron chi connectivity index (χ2n) is 4.85. The van der Waals surface area contributed by atoms with Gasteiger partial charge in [0.15, 0.2) is 0 Å². The number of rotatable bonds is 5. The maximum absolute atomic E-state index is 12.6. The highest BCUT2D eigenvalue weighted by Gasteiger charge is 2.34. The van der Waals surface area contributed by atoms with Gasteiger partial charge in [-0.3, -0.25) is 10.1 Å². The molecule has 0 aliphatic carbocycles. The SMILES string of the molecule is COc1ccc([N+](=O)[O-])cc1S(=O)(=O)N1CCC(CN)C1. The number of methoxy groups -OCH3 is 1. The molecule has 0 bridgehead atoms. The van der Waals surface area contributed by atoms with E-state index in [0.717, 1.165) is 6.07 Å². The third-order valence-electron chi connectivity index (χ3n) is 3.56. The molecule has 1 aliphatic heterocycles. The van der Waals surface area contributed by atoms with Gasteiger partial charge in [0.25, 0.3) is 5.69 Å². The zero-order valence-electron chi connectivity index (χ0n) is 11.6. The number of sulfonamides is 1. The number of hydrogen-bond donors (Lipinski definition) is 1. The van der Waals surface area contributed by atoms with Crippen LogP contribution in [0.15, 0.2) is 23.1 Å². The predicted molar refractivity (Wildman–Crippen MR) is 75.6 cm³/mol. The van der Waals surface area contributed by atoms with E-state index in [-0.39, 0.29) is 22.3 Å². The highest BCUT2D eigenvalue weighted by Crippen LogP contribution is 2.32. The Morgan fingerprint density at radius 2 is 2.24 bits per heavy atom. The van der Waals surface area contributed by atoms with Crippen molar-refractivity contribution in [2.45, 2.75) is 11.3 Å². The molecule has 1 saturated heterocycles. The Morgan fingerprint density at radius 3 is 2.76 bits per heavy atom. The number of hydrogen-bond acceptors (Lipinski definition) is 6. The minimum Gasteiger partial charge on any atom is -0.495 e. The standard InChI is InChI=1S/C12H17N3O5S/c1-20-11-3-2-10(15(16)17)6-12(11)21(18,19)14-5-4-9(7-13)8-14/h2-3,6,9H,4-5,7-8,13H2,1H3. The molecule has 1 unspecified atom stereocenters. The Kier molecular flexibility index (Phi) is 4.45. The summed E-state index contributed by atoms with van der Waals surface area (Å²) < 4.78 is 31.6. The van der Waals surface area contributed by atoms with Gasteiger partial charge in [-0.2, -0.15) is 4.31 Å². The molecule has 2 rings (SSSR count).